The van der Waals surface area contributed by atoms with Crippen LogP contribution in [0.2, 0.25) is 0 Å². The van der Waals surface area contributed by atoms with Crippen LogP contribution < -0.4 is 5.32 Å². The van der Waals surface area contributed by atoms with Crippen LogP contribution >= 0.6 is 0 Å². The Labute approximate surface area is 121 Å². The van der Waals surface area contributed by atoms with Crippen LogP contribution in [0.1, 0.15) is 45.4 Å². The summed E-state index contributed by atoms with van der Waals surface area (Å²) in [5.41, 5.74) is 0. The van der Waals surface area contributed by atoms with Gasteiger partial charge in [0.05, 0.1) is 6.61 Å². The third-order valence-electron chi connectivity index (χ3n) is 4.16. The molecule has 5 nitrogen and oxygen atoms in total. The van der Waals surface area contributed by atoms with Crippen LogP contribution in [0.3, 0.4) is 0 Å². The number of nitrogens with one attached hydrogen (secondary N) is 1. The van der Waals surface area contributed by atoms with Gasteiger partial charge in [0.2, 0.25) is 11.8 Å². The van der Waals surface area contributed by atoms with E-state index in [1.165, 1.54) is 0 Å². The second-order valence-electron chi connectivity index (χ2n) is 5.82. The summed E-state index contributed by atoms with van der Waals surface area (Å²) in [7, 11) is 0. The summed E-state index contributed by atoms with van der Waals surface area (Å²) >= 11 is 0. The molecule has 20 heavy (non-hydrogen) atoms. The van der Waals surface area contributed by atoms with E-state index in [4.69, 9.17) is 4.74 Å². The number of carbonyl (C=O) groups excluding carboxylic acids is 2. The van der Waals surface area contributed by atoms with Crippen molar-refractivity contribution in [3.8, 4) is 0 Å². The van der Waals surface area contributed by atoms with Gasteiger partial charge in [0.1, 0.15) is 6.04 Å². The third-order valence-corrected chi connectivity index (χ3v) is 4.16. The zero-order valence-corrected chi connectivity index (χ0v) is 12.4. The van der Waals surface area contributed by atoms with Crippen molar-refractivity contribution in [1.29, 1.82) is 0 Å². The maximum atomic E-state index is 12.3. The quantitative estimate of drug-likeness (QED) is 0.827. The summed E-state index contributed by atoms with van der Waals surface area (Å²) in [6.45, 7) is 4.97. The van der Waals surface area contributed by atoms with Crippen LogP contribution in [0.4, 0.5) is 0 Å². The van der Waals surface area contributed by atoms with Gasteiger partial charge in [-0.1, -0.05) is 6.92 Å². The molecule has 5 heteroatoms. The molecular weight excluding hydrogens is 256 g/mol. The van der Waals surface area contributed by atoms with Gasteiger partial charge in [0, 0.05) is 26.1 Å². The Morgan fingerprint density at radius 3 is 2.85 bits per heavy atom. The maximum absolute atomic E-state index is 12.3. The Bertz CT molecular complexity index is 340. The van der Waals surface area contributed by atoms with Gasteiger partial charge < -0.3 is 15.0 Å². The molecular formula is C15H26N2O3. The van der Waals surface area contributed by atoms with Gasteiger partial charge in [-0.2, -0.15) is 0 Å². The second kappa shape index (κ2) is 7.62. The number of hydrogen-bond donors (Lipinski definition) is 1. The number of amides is 2. The van der Waals surface area contributed by atoms with Crippen LogP contribution in [-0.2, 0) is 14.3 Å². The van der Waals surface area contributed by atoms with E-state index in [9.17, 15) is 9.59 Å². The Morgan fingerprint density at radius 2 is 2.15 bits per heavy atom. The molecule has 0 aromatic carbocycles. The van der Waals surface area contributed by atoms with Gasteiger partial charge >= 0.3 is 0 Å². The molecule has 2 rings (SSSR count). The van der Waals surface area contributed by atoms with Crippen LogP contribution in [0, 0.1) is 5.92 Å². The number of ether oxygens (including phenoxy) is 1. The number of hydrogen-bond acceptors (Lipinski definition) is 3. The Kier molecular flexibility index (Phi) is 5.83. The van der Waals surface area contributed by atoms with Crippen LogP contribution in [0.25, 0.3) is 0 Å². The summed E-state index contributed by atoms with van der Waals surface area (Å²) < 4.78 is 5.42. The molecule has 0 aliphatic carbocycles. The first-order valence-corrected chi connectivity index (χ1v) is 7.87. The molecule has 2 aliphatic rings. The van der Waals surface area contributed by atoms with Gasteiger partial charge in [0.25, 0.3) is 0 Å². The second-order valence-corrected chi connectivity index (χ2v) is 5.82. The number of carbonyl (C=O) groups is 2. The van der Waals surface area contributed by atoms with Gasteiger partial charge in [0.15, 0.2) is 0 Å². The highest BCUT2D eigenvalue weighted by Crippen LogP contribution is 2.19. The molecule has 0 radical (unpaired) electrons. The molecule has 0 saturated carbocycles. The molecule has 2 amide bonds. The monoisotopic (exact) mass is 282 g/mol. The molecule has 0 aromatic heterocycles. The standard InChI is InChI=1S/C15H26N2O3/c1-2-5-14(18)17-8-3-7-13(17)15(19)16-10-12-6-4-9-20-11-12/h12-13H,2-11H2,1H3,(H,16,19). The van der Waals surface area contributed by atoms with E-state index in [0.29, 0.717) is 18.9 Å². The molecule has 0 aromatic rings. The summed E-state index contributed by atoms with van der Waals surface area (Å²) in [4.78, 5) is 26.0. The Morgan fingerprint density at radius 1 is 1.30 bits per heavy atom. The van der Waals surface area contributed by atoms with E-state index in [-0.39, 0.29) is 17.9 Å². The molecule has 0 spiro atoms. The predicted molar refractivity (Wildman–Crippen MR) is 76.2 cm³/mol. The average molecular weight is 282 g/mol. The number of rotatable bonds is 5. The zero-order chi connectivity index (χ0) is 14.4. The molecule has 2 saturated heterocycles. The Balaban J connectivity index is 1.79. The zero-order valence-electron chi connectivity index (χ0n) is 12.4. The van der Waals surface area contributed by atoms with Crippen LogP contribution in [0.15, 0.2) is 0 Å². The fourth-order valence-corrected chi connectivity index (χ4v) is 3.03. The van der Waals surface area contributed by atoms with Crippen molar-refractivity contribution in [3.05, 3.63) is 0 Å². The van der Waals surface area contributed by atoms with Gasteiger partial charge in [-0.15, -0.1) is 0 Å². The largest absolute Gasteiger partial charge is 0.381 e. The van der Waals surface area contributed by atoms with Crippen molar-refractivity contribution >= 4 is 11.8 Å². The molecule has 2 atom stereocenters. The van der Waals surface area contributed by atoms with E-state index in [1.807, 2.05) is 6.92 Å². The van der Waals surface area contributed by atoms with Gasteiger partial charge in [-0.05, 0) is 38.0 Å². The Hall–Kier alpha value is -1.10. The topological polar surface area (TPSA) is 58.6 Å². The molecule has 0 bridgehead atoms. The van der Waals surface area contributed by atoms with Crippen LogP contribution in [-0.4, -0.2) is 49.1 Å². The normalized spacial score (nSPS) is 26.6. The summed E-state index contributed by atoms with van der Waals surface area (Å²) in [5, 5.41) is 3.01. The van der Waals surface area contributed by atoms with Crippen molar-refractivity contribution in [2.45, 2.75) is 51.5 Å². The minimum absolute atomic E-state index is 0.0116. The highest BCUT2D eigenvalue weighted by atomic mass is 16.5. The van der Waals surface area contributed by atoms with Crippen molar-refractivity contribution in [1.82, 2.24) is 10.2 Å². The van der Waals surface area contributed by atoms with Gasteiger partial charge in [-0.3, -0.25) is 9.59 Å². The fraction of sp³-hybridized carbons (Fsp3) is 0.867. The lowest BCUT2D eigenvalue weighted by Gasteiger charge is -2.26. The highest BCUT2D eigenvalue weighted by molar-refractivity contribution is 5.88. The van der Waals surface area contributed by atoms with Crippen molar-refractivity contribution in [3.63, 3.8) is 0 Å². The smallest absolute Gasteiger partial charge is 0.242 e. The van der Waals surface area contributed by atoms with E-state index in [1.54, 1.807) is 4.90 Å². The first kappa shape index (κ1) is 15.3. The predicted octanol–water partition coefficient (Wildman–Crippen LogP) is 1.32. The first-order chi connectivity index (χ1) is 9.72. The lowest BCUT2D eigenvalue weighted by molar-refractivity contribution is -0.138. The number of nitrogens with zero attached hydrogens (tertiary/aromatic N) is 1. The highest BCUT2D eigenvalue weighted by Gasteiger charge is 2.33. The average Bonchev–Trinajstić information content (AvgIpc) is 2.96. The lowest BCUT2D eigenvalue weighted by atomic mass is 10.0. The summed E-state index contributed by atoms with van der Waals surface area (Å²) in [5.74, 6) is 0.553. The molecule has 1 N–H and O–H groups in total. The van der Waals surface area contributed by atoms with Crippen molar-refractivity contribution in [2.75, 3.05) is 26.3 Å². The maximum Gasteiger partial charge on any atom is 0.242 e. The van der Waals surface area contributed by atoms with Crippen LogP contribution in [0.5, 0.6) is 0 Å². The van der Waals surface area contributed by atoms with E-state index >= 15 is 0 Å². The summed E-state index contributed by atoms with van der Waals surface area (Å²) in [6.07, 6.45) is 5.29. The first-order valence-electron chi connectivity index (χ1n) is 7.87. The van der Waals surface area contributed by atoms with E-state index < -0.39 is 0 Å². The van der Waals surface area contributed by atoms with E-state index in [2.05, 4.69) is 5.32 Å². The SMILES string of the molecule is CCCC(=O)N1CCCC1C(=O)NCC1CCCOC1. The number of likely N-dealkylation sites (tertiary alicyclic amines) is 1. The fourth-order valence-electron chi connectivity index (χ4n) is 3.03. The third kappa shape index (κ3) is 3.95. The molecule has 2 fully saturated rings. The van der Waals surface area contributed by atoms with Crippen molar-refractivity contribution in [2.24, 2.45) is 5.92 Å². The van der Waals surface area contributed by atoms with E-state index in [0.717, 1.165) is 51.9 Å². The molecule has 114 valence electrons. The molecule has 2 unspecified atom stereocenters. The molecule has 2 aliphatic heterocycles. The van der Waals surface area contributed by atoms with Gasteiger partial charge in [-0.25, -0.2) is 0 Å². The summed E-state index contributed by atoms with van der Waals surface area (Å²) in [6, 6.07) is -0.251. The molecule has 2 heterocycles. The minimum atomic E-state index is -0.251. The minimum Gasteiger partial charge on any atom is -0.381 e. The van der Waals surface area contributed by atoms with Crippen molar-refractivity contribution < 1.29 is 14.3 Å². The lowest BCUT2D eigenvalue weighted by Crippen LogP contribution is -2.47.